The zero-order chi connectivity index (χ0) is 15.1. The number of Topliss-reactive ketones (excluding diaryl/α,β-unsaturated/α-hetero) is 1. The highest BCUT2D eigenvalue weighted by atomic mass is 79.9. The highest BCUT2D eigenvalue weighted by Crippen LogP contribution is 2.46. The van der Waals surface area contributed by atoms with Gasteiger partial charge in [-0.25, -0.2) is 0 Å². The van der Waals surface area contributed by atoms with Gasteiger partial charge in [0.1, 0.15) is 0 Å². The third kappa shape index (κ3) is 2.59. The lowest BCUT2D eigenvalue weighted by Gasteiger charge is -2.42. The average molecular weight is 337 g/mol. The van der Waals surface area contributed by atoms with Crippen molar-refractivity contribution in [3.63, 3.8) is 0 Å². The van der Waals surface area contributed by atoms with E-state index < -0.39 is 0 Å². The molecule has 1 nitrogen and oxygen atoms in total. The van der Waals surface area contributed by atoms with Crippen LogP contribution in [0.4, 0.5) is 0 Å². The summed E-state index contributed by atoms with van der Waals surface area (Å²) in [4.78, 5) is 12.2. The summed E-state index contributed by atoms with van der Waals surface area (Å²) in [5.74, 6) is 0.198. The smallest absolute Gasteiger partial charge is 0.173 e. The lowest BCUT2D eigenvalue weighted by molar-refractivity contribution is 0.102. The van der Waals surface area contributed by atoms with Crippen molar-refractivity contribution in [1.82, 2.24) is 0 Å². The van der Waals surface area contributed by atoms with Crippen LogP contribution in [0.25, 0.3) is 0 Å². The van der Waals surface area contributed by atoms with Crippen molar-refractivity contribution in [2.75, 3.05) is 5.33 Å². The summed E-state index contributed by atoms with van der Waals surface area (Å²) in [6.07, 6.45) is 3.31. The molecule has 0 unspecified atom stereocenters. The van der Waals surface area contributed by atoms with E-state index in [0.29, 0.717) is 5.33 Å². The van der Waals surface area contributed by atoms with Gasteiger partial charge in [-0.1, -0.05) is 56.6 Å². The maximum absolute atomic E-state index is 12.2. The summed E-state index contributed by atoms with van der Waals surface area (Å²) in [5.41, 5.74) is 5.29. The molecule has 0 atom stereocenters. The summed E-state index contributed by atoms with van der Waals surface area (Å²) >= 11 is 3.31. The fourth-order valence-corrected chi connectivity index (χ4v) is 3.58. The monoisotopic (exact) mass is 336 g/mol. The van der Waals surface area contributed by atoms with E-state index in [1.807, 2.05) is 0 Å². The fourth-order valence-electron chi connectivity index (χ4n) is 3.28. The molecule has 0 amide bonds. The molecule has 2 heteroatoms. The SMILES string of the molecule is CCc1cc2c(cc1C(=O)CBr)C(C)(C)CCC2(C)C. The Labute approximate surface area is 131 Å². The first-order valence-corrected chi connectivity index (χ1v) is 8.62. The Morgan fingerprint density at radius 3 is 2.05 bits per heavy atom. The molecule has 0 N–H and O–H groups in total. The molecule has 1 aromatic carbocycles. The number of fused-ring (bicyclic) bond motifs is 1. The molecule has 20 heavy (non-hydrogen) atoms. The second kappa shape index (κ2) is 5.29. The molecule has 1 aromatic rings. The van der Waals surface area contributed by atoms with Crippen LogP contribution in [0, 0.1) is 0 Å². The lowest BCUT2D eigenvalue weighted by Crippen LogP contribution is -2.34. The summed E-state index contributed by atoms with van der Waals surface area (Å²) in [6.45, 7) is 11.4. The molecule has 0 heterocycles. The average Bonchev–Trinajstić information content (AvgIpc) is 2.42. The minimum absolute atomic E-state index is 0.165. The van der Waals surface area contributed by atoms with Crippen LogP contribution in [0.3, 0.4) is 0 Å². The number of benzene rings is 1. The van der Waals surface area contributed by atoms with Crippen molar-refractivity contribution in [3.8, 4) is 0 Å². The van der Waals surface area contributed by atoms with Gasteiger partial charge in [0.05, 0.1) is 5.33 Å². The van der Waals surface area contributed by atoms with Crippen molar-refractivity contribution in [1.29, 1.82) is 0 Å². The van der Waals surface area contributed by atoms with E-state index in [4.69, 9.17) is 0 Å². The molecular weight excluding hydrogens is 312 g/mol. The summed E-state index contributed by atoms with van der Waals surface area (Å²) in [7, 11) is 0. The van der Waals surface area contributed by atoms with Crippen LogP contribution in [-0.4, -0.2) is 11.1 Å². The van der Waals surface area contributed by atoms with Gasteiger partial charge in [-0.2, -0.15) is 0 Å². The van der Waals surface area contributed by atoms with Crippen molar-refractivity contribution in [3.05, 3.63) is 34.4 Å². The number of carbonyl (C=O) groups is 1. The Morgan fingerprint density at radius 1 is 1.10 bits per heavy atom. The molecule has 0 radical (unpaired) electrons. The standard InChI is InChI=1S/C18H25BrO/c1-6-12-9-14-15(10-13(12)16(20)11-19)18(4,5)8-7-17(14,2)3/h9-10H,6-8,11H2,1-5H3. The number of rotatable bonds is 3. The highest BCUT2D eigenvalue weighted by molar-refractivity contribution is 9.09. The Balaban J connectivity index is 2.71. The Kier molecular flexibility index (Phi) is 4.17. The number of alkyl halides is 1. The molecule has 0 saturated carbocycles. The Hall–Kier alpha value is -0.630. The first-order valence-electron chi connectivity index (χ1n) is 7.50. The van der Waals surface area contributed by atoms with Crippen molar-refractivity contribution in [2.45, 2.75) is 64.7 Å². The zero-order valence-corrected chi connectivity index (χ0v) is 14.9. The fraction of sp³-hybridized carbons (Fsp3) is 0.611. The second-order valence-corrected chi connectivity index (χ2v) is 7.79. The maximum Gasteiger partial charge on any atom is 0.173 e. The van der Waals surface area contributed by atoms with Gasteiger partial charge in [-0.15, -0.1) is 0 Å². The summed E-state index contributed by atoms with van der Waals surface area (Å²) < 4.78 is 0. The van der Waals surface area contributed by atoms with Crippen LogP contribution >= 0.6 is 15.9 Å². The van der Waals surface area contributed by atoms with Gasteiger partial charge in [0.15, 0.2) is 5.78 Å². The summed E-state index contributed by atoms with van der Waals surface area (Å²) in [6, 6.07) is 4.48. The number of carbonyl (C=O) groups excluding carboxylic acids is 1. The summed E-state index contributed by atoms with van der Waals surface area (Å²) in [5, 5.41) is 0.405. The van der Waals surface area contributed by atoms with Crippen LogP contribution in [0.1, 0.15) is 74.5 Å². The van der Waals surface area contributed by atoms with Crippen LogP contribution in [0.2, 0.25) is 0 Å². The lowest BCUT2D eigenvalue weighted by atomic mass is 9.62. The van der Waals surface area contributed by atoms with Crippen molar-refractivity contribution >= 4 is 21.7 Å². The van der Waals surface area contributed by atoms with Gasteiger partial charge < -0.3 is 0 Å². The molecule has 1 aliphatic rings. The van der Waals surface area contributed by atoms with Gasteiger partial charge in [0.2, 0.25) is 0 Å². The van der Waals surface area contributed by atoms with Crippen molar-refractivity contribution < 1.29 is 4.79 Å². The third-order valence-corrected chi connectivity index (χ3v) is 5.39. The third-order valence-electron chi connectivity index (χ3n) is 4.88. The van der Waals surface area contributed by atoms with E-state index in [2.05, 4.69) is 62.7 Å². The predicted molar refractivity (Wildman–Crippen MR) is 89.2 cm³/mol. The first kappa shape index (κ1) is 15.8. The molecule has 2 rings (SSSR count). The van der Waals surface area contributed by atoms with Crippen LogP contribution in [-0.2, 0) is 17.3 Å². The number of halogens is 1. The number of ketones is 1. The molecule has 1 aliphatic carbocycles. The van der Waals surface area contributed by atoms with E-state index in [9.17, 15) is 4.79 Å². The molecule has 0 saturated heterocycles. The Bertz CT molecular complexity index is 541. The maximum atomic E-state index is 12.2. The van der Waals surface area contributed by atoms with Gasteiger partial charge >= 0.3 is 0 Å². The zero-order valence-electron chi connectivity index (χ0n) is 13.3. The predicted octanol–water partition coefficient (Wildman–Crippen LogP) is 5.18. The minimum atomic E-state index is 0.165. The first-order chi connectivity index (χ1) is 9.23. The van der Waals surface area contributed by atoms with Gasteiger partial charge in [0, 0.05) is 5.56 Å². The van der Waals surface area contributed by atoms with E-state index >= 15 is 0 Å². The van der Waals surface area contributed by atoms with E-state index in [1.54, 1.807) is 0 Å². The van der Waals surface area contributed by atoms with Crippen LogP contribution < -0.4 is 0 Å². The van der Waals surface area contributed by atoms with Crippen molar-refractivity contribution in [2.24, 2.45) is 0 Å². The minimum Gasteiger partial charge on any atom is -0.293 e. The van der Waals surface area contributed by atoms with E-state index in [0.717, 1.165) is 12.0 Å². The van der Waals surface area contributed by atoms with Gasteiger partial charge in [0.25, 0.3) is 0 Å². The molecule has 110 valence electrons. The number of hydrogen-bond donors (Lipinski definition) is 0. The molecular formula is C18H25BrO. The topological polar surface area (TPSA) is 17.1 Å². The van der Waals surface area contributed by atoms with Crippen LogP contribution in [0.5, 0.6) is 0 Å². The van der Waals surface area contributed by atoms with Gasteiger partial charge in [-0.3, -0.25) is 4.79 Å². The van der Waals surface area contributed by atoms with E-state index in [-0.39, 0.29) is 16.6 Å². The molecule has 0 aromatic heterocycles. The van der Waals surface area contributed by atoms with Gasteiger partial charge in [-0.05, 0) is 52.8 Å². The second-order valence-electron chi connectivity index (χ2n) is 7.23. The number of aryl methyl sites for hydroxylation is 1. The molecule has 0 aliphatic heterocycles. The van der Waals surface area contributed by atoms with E-state index in [1.165, 1.54) is 29.5 Å². The van der Waals surface area contributed by atoms with Crippen LogP contribution in [0.15, 0.2) is 12.1 Å². The highest BCUT2D eigenvalue weighted by Gasteiger charge is 2.37. The largest absolute Gasteiger partial charge is 0.293 e. The quantitative estimate of drug-likeness (QED) is 0.549. The number of hydrogen-bond acceptors (Lipinski definition) is 1. The molecule has 0 fully saturated rings. The normalized spacial score (nSPS) is 19.5. The Morgan fingerprint density at radius 2 is 1.60 bits per heavy atom. The molecule has 0 bridgehead atoms. The molecule has 0 spiro atoms.